The predicted octanol–water partition coefficient (Wildman–Crippen LogP) is 2.95. The van der Waals surface area contributed by atoms with Crippen LogP contribution in [0.15, 0.2) is 15.9 Å². The van der Waals surface area contributed by atoms with Gasteiger partial charge >= 0.3 is 0 Å². The smallest absolute Gasteiger partial charge is 0.267 e. The number of carbonyl (C=O) groups excluding carboxylic acids is 2. The number of carbonyl (C=O) groups is 2. The molecule has 0 atom stereocenters. The highest BCUT2D eigenvalue weighted by Gasteiger charge is 2.26. The molecule has 1 aliphatic rings. The van der Waals surface area contributed by atoms with E-state index in [1.54, 1.807) is 0 Å². The summed E-state index contributed by atoms with van der Waals surface area (Å²) in [6, 6.07) is 1.83. The zero-order valence-electron chi connectivity index (χ0n) is 13.1. The van der Waals surface area contributed by atoms with Gasteiger partial charge in [-0.2, -0.15) is 0 Å². The monoisotopic (exact) mass is 428 g/mol. The minimum atomic E-state index is -0.0319. The largest absolute Gasteiger partial charge is 0.351 e. The van der Waals surface area contributed by atoms with Crippen LogP contribution >= 0.6 is 38.8 Å². The van der Waals surface area contributed by atoms with Gasteiger partial charge in [-0.25, -0.2) is 0 Å². The summed E-state index contributed by atoms with van der Waals surface area (Å²) in [6.07, 6.45) is 1.79. The number of aromatic nitrogens is 2. The molecule has 6 nitrogen and oxygen atoms in total. The number of hydrogen-bond acceptors (Lipinski definition) is 6. The number of rotatable bonds is 4. The molecule has 0 aromatic carbocycles. The van der Waals surface area contributed by atoms with E-state index < -0.39 is 0 Å². The molecule has 3 heterocycles. The van der Waals surface area contributed by atoms with E-state index >= 15 is 0 Å². The molecule has 9 heteroatoms. The molecule has 24 heavy (non-hydrogen) atoms. The summed E-state index contributed by atoms with van der Waals surface area (Å²) in [5.41, 5.74) is 0.696. The van der Waals surface area contributed by atoms with Crippen molar-refractivity contribution in [3.8, 4) is 0 Å². The maximum Gasteiger partial charge on any atom is 0.267 e. The van der Waals surface area contributed by atoms with Crippen molar-refractivity contribution in [3.05, 3.63) is 31.4 Å². The van der Waals surface area contributed by atoms with Crippen LogP contribution in [0, 0.1) is 12.8 Å². The van der Waals surface area contributed by atoms with Crippen LogP contribution < -0.4 is 5.32 Å². The van der Waals surface area contributed by atoms with Gasteiger partial charge in [0.25, 0.3) is 11.8 Å². The van der Waals surface area contributed by atoms with Crippen molar-refractivity contribution >= 4 is 50.6 Å². The molecule has 1 N–H and O–H groups in total. The molecule has 1 saturated heterocycles. The van der Waals surface area contributed by atoms with Crippen LogP contribution in [0.3, 0.4) is 0 Å². The lowest BCUT2D eigenvalue weighted by Crippen LogP contribution is -2.41. The molecule has 1 fully saturated rings. The number of nitrogens with zero attached hydrogens (tertiary/aromatic N) is 3. The van der Waals surface area contributed by atoms with E-state index in [4.69, 9.17) is 0 Å². The maximum absolute atomic E-state index is 12.4. The van der Waals surface area contributed by atoms with E-state index in [0.717, 1.165) is 28.8 Å². The van der Waals surface area contributed by atoms with Gasteiger partial charge in [0.1, 0.15) is 4.88 Å². The molecule has 3 rings (SSSR count). The summed E-state index contributed by atoms with van der Waals surface area (Å²) in [5.74, 6) is 0.395. The number of halogens is 1. The van der Waals surface area contributed by atoms with Gasteiger partial charge in [0.2, 0.25) is 0 Å². The van der Waals surface area contributed by atoms with Crippen LogP contribution in [0.2, 0.25) is 0 Å². The van der Waals surface area contributed by atoms with Gasteiger partial charge in [-0.3, -0.25) is 9.59 Å². The molecular weight excluding hydrogens is 412 g/mol. The van der Waals surface area contributed by atoms with E-state index in [-0.39, 0.29) is 11.8 Å². The van der Waals surface area contributed by atoms with Crippen molar-refractivity contribution in [3.63, 3.8) is 0 Å². The van der Waals surface area contributed by atoms with E-state index in [2.05, 4.69) is 30.8 Å². The summed E-state index contributed by atoms with van der Waals surface area (Å²) in [4.78, 5) is 27.7. The predicted molar refractivity (Wildman–Crippen MR) is 97.6 cm³/mol. The fourth-order valence-electron chi connectivity index (χ4n) is 2.67. The number of aryl methyl sites for hydroxylation is 1. The molecule has 0 spiro atoms. The Morgan fingerprint density at radius 1 is 1.42 bits per heavy atom. The molecule has 1 aliphatic heterocycles. The molecule has 2 amide bonds. The van der Waals surface area contributed by atoms with Crippen LogP contribution in [0.4, 0.5) is 0 Å². The summed E-state index contributed by atoms with van der Waals surface area (Å²) in [7, 11) is 0. The standard InChI is InChI=1S/C15H17BrN4O2S2/c1-9-13(24-19-18-9)15(22)20-4-2-10(3-5-20)7-17-14(21)12-6-11(16)8-23-12/h6,8,10H,2-5,7H2,1H3,(H,17,21). The highest BCUT2D eigenvalue weighted by Crippen LogP contribution is 2.22. The fourth-order valence-corrected chi connectivity index (χ4v) is 4.64. The molecule has 0 saturated carbocycles. The Labute approximate surface area is 156 Å². The molecule has 0 unspecified atom stereocenters. The first kappa shape index (κ1) is 17.5. The van der Waals surface area contributed by atoms with Crippen LogP contribution in [-0.4, -0.2) is 45.9 Å². The van der Waals surface area contributed by atoms with Crippen molar-refractivity contribution in [1.29, 1.82) is 0 Å². The van der Waals surface area contributed by atoms with Gasteiger partial charge in [0, 0.05) is 29.5 Å². The Morgan fingerprint density at radius 3 is 2.75 bits per heavy atom. The van der Waals surface area contributed by atoms with Crippen molar-refractivity contribution < 1.29 is 9.59 Å². The second kappa shape index (κ2) is 7.71. The van der Waals surface area contributed by atoms with Crippen LogP contribution in [-0.2, 0) is 0 Å². The van der Waals surface area contributed by atoms with E-state index in [1.165, 1.54) is 11.3 Å². The van der Waals surface area contributed by atoms with Crippen molar-refractivity contribution in [2.24, 2.45) is 5.92 Å². The van der Waals surface area contributed by atoms with E-state index in [9.17, 15) is 9.59 Å². The van der Waals surface area contributed by atoms with E-state index in [1.807, 2.05) is 23.3 Å². The number of hydrogen-bond donors (Lipinski definition) is 1. The molecule has 2 aromatic heterocycles. The molecule has 0 radical (unpaired) electrons. The zero-order valence-corrected chi connectivity index (χ0v) is 16.3. The van der Waals surface area contributed by atoms with Crippen molar-refractivity contribution in [1.82, 2.24) is 19.8 Å². The number of thiophene rings is 1. The Balaban J connectivity index is 1.46. The number of piperidine rings is 1. The zero-order chi connectivity index (χ0) is 17.1. The molecule has 2 aromatic rings. The van der Waals surface area contributed by atoms with Crippen molar-refractivity contribution in [2.45, 2.75) is 19.8 Å². The molecular formula is C15H17BrN4O2S2. The molecule has 0 aliphatic carbocycles. The minimum Gasteiger partial charge on any atom is -0.351 e. The Bertz CT molecular complexity index is 737. The number of nitrogens with one attached hydrogen (secondary N) is 1. The summed E-state index contributed by atoms with van der Waals surface area (Å²) < 4.78 is 4.75. The van der Waals surface area contributed by atoms with Gasteiger partial charge in [0.05, 0.1) is 10.6 Å². The van der Waals surface area contributed by atoms with Crippen molar-refractivity contribution in [2.75, 3.05) is 19.6 Å². The summed E-state index contributed by atoms with van der Waals surface area (Å²) >= 11 is 5.93. The van der Waals surface area contributed by atoms with Gasteiger partial charge in [0.15, 0.2) is 0 Å². The highest BCUT2D eigenvalue weighted by atomic mass is 79.9. The van der Waals surface area contributed by atoms with Crippen LogP contribution in [0.25, 0.3) is 0 Å². The van der Waals surface area contributed by atoms with Gasteiger partial charge < -0.3 is 10.2 Å². The van der Waals surface area contributed by atoms with Gasteiger partial charge in [-0.15, -0.1) is 16.4 Å². The van der Waals surface area contributed by atoms with Crippen LogP contribution in [0.5, 0.6) is 0 Å². The summed E-state index contributed by atoms with van der Waals surface area (Å²) in [6.45, 7) is 3.88. The number of amides is 2. The third-order valence-corrected chi connectivity index (χ3v) is 6.60. The SMILES string of the molecule is Cc1nnsc1C(=O)N1CCC(CNC(=O)c2cc(Br)cs2)CC1. The minimum absolute atomic E-state index is 0.0217. The summed E-state index contributed by atoms with van der Waals surface area (Å²) in [5, 5.41) is 8.79. The Kier molecular flexibility index (Phi) is 5.62. The maximum atomic E-state index is 12.4. The molecule has 128 valence electrons. The first-order valence-electron chi connectivity index (χ1n) is 7.65. The first-order valence-corrected chi connectivity index (χ1v) is 10.1. The Hall–Kier alpha value is -1.32. The lowest BCUT2D eigenvalue weighted by atomic mass is 9.96. The first-order chi connectivity index (χ1) is 11.5. The third-order valence-electron chi connectivity index (χ3n) is 4.09. The van der Waals surface area contributed by atoms with Gasteiger partial charge in [-0.05, 0) is 59.2 Å². The topological polar surface area (TPSA) is 75.2 Å². The Morgan fingerprint density at radius 2 is 2.17 bits per heavy atom. The number of likely N-dealkylation sites (tertiary alicyclic amines) is 1. The average molecular weight is 429 g/mol. The van der Waals surface area contributed by atoms with Gasteiger partial charge in [-0.1, -0.05) is 4.49 Å². The van der Waals surface area contributed by atoms with E-state index in [0.29, 0.717) is 41.0 Å². The fraction of sp³-hybridized carbons (Fsp3) is 0.467. The second-order valence-electron chi connectivity index (χ2n) is 5.76. The lowest BCUT2D eigenvalue weighted by Gasteiger charge is -2.31. The third kappa shape index (κ3) is 4.01. The van der Waals surface area contributed by atoms with Crippen LogP contribution in [0.1, 0.15) is 37.9 Å². The highest BCUT2D eigenvalue weighted by molar-refractivity contribution is 9.10. The normalized spacial score (nSPS) is 15.5. The quantitative estimate of drug-likeness (QED) is 0.811. The lowest BCUT2D eigenvalue weighted by molar-refractivity contribution is 0.0688. The molecule has 0 bridgehead atoms. The average Bonchev–Trinajstić information content (AvgIpc) is 3.21. The second-order valence-corrected chi connectivity index (χ2v) is 8.34.